The van der Waals surface area contributed by atoms with Gasteiger partial charge in [0.15, 0.2) is 0 Å². The van der Waals surface area contributed by atoms with E-state index in [1.165, 1.54) is 37.1 Å². The van der Waals surface area contributed by atoms with Crippen molar-refractivity contribution < 1.29 is 0 Å². The van der Waals surface area contributed by atoms with Gasteiger partial charge < -0.3 is 5.32 Å². The molecular formula is C18H32Cl2N2. The fraction of sp³-hybridized carbons (Fsp3) is 0.667. The smallest absolute Gasteiger partial charge is 0.0349 e. The van der Waals surface area contributed by atoms with Crippen molar-refractivity contribution in [3.8, 4) is 0 Å². The molecule has 0 saturated carbocycles. The molecule has 0 aliphatic carbocycles. The minimum absolute atomic E-state index is 0. The van der Waals surface area contributed by atoms with E-state index < -0.39 is 0 Å². The number of hydrogen-bond acceptors (Lipinski definition) is 2. The lowest BCUT2D eigenvalue weighted by Gasteiger charge is -2.35. The van der Waals surface area contributed by atoms with E-state index in [2.05, 4.69) is 62.2 Å². The van der Waals surface area contributed by atoms with Crippen LogP contribution in [0.15, 0.2) is 24.3 Å². The van der Waals surface area contributed by atoms with Crippen molar-refractivity contribution >= 4 is 24.8 Å². The first kappa shape index (κ1) is 21.7. The van der Waals surface area contributed by atoms with Crippen LogP contribution in [0.2, 0.25) is 0 Å². The van der Waals surface area contributed by atoms with Gasteiger partial charge in [0.1, 0.15) is 0 Å². The molecule has 1 atom stereocenters. The highest BCUT2D eigenvalue weighted by Gasteiger charge is 2.22. The molecule has 1 aromatic rings. The number of hydrogen-bond donors (Lipinski definition) is 1. The summed E-state index contributed by atoms with van der Waals surface area (Å²) in [5, 5.41) is 3.45. The molecule has 1 aliphatic heterocycles. The Morgan fingerprint density at radius 2 is 1.59 bits per heavy atom. The van der Waals surface area contributed by atoms with Gasteiger partial charge in [0.2, 0.25) is 0 Å². The molecule has 0 radical (unpaired) electrons. The summed E-state index contributed by atoms with van der Waals surface area (Å²) in [5.74, 6) is 0. The van der Waals surface area contributed by atoms with E-state index in [9.17, 15) is 0 Å². The standard InChI is InChI=1S/C18H30N2.2ClH/c1-5-6-17(20-13-11-19-12-14-20)15-7-9-16(10-8-15)18(2,3)4;;/h7-10,17,19H,5-6,11-14H2,1-4H3;2*1H/t17-;;/m1../s1. The minimum atomic E-state index is 0. The van der Waals surface area contributed by atoms with Crippen molar-refractivity contribution in [3.63, 3.8) is 0 Å². The number of piperazine rings is 1. The molecule has 0 aromatic heterocycles. The molecule has 2 nitrogen and oxygen atoms in total. The van der Waals surface area contributed by atoms with Crippen LogP contribution in [0.25, 0.3) is 0 Å². The first-order chi connectivity index (χ1) is 9.52. The summed E-state index contributed by atoms with van der Waals surface area (Å²) in [5.41, 5.74) is 3.16. The van der Waals surface area contributed by atoms with E-state index in [4.69, 9.17) is 0 Å². The van der Waals surface area contributed by atoms with Crippen LogP contribution >= 0.6 is 24.8 Å². The molecule has 0 amide bonds. The monoisotopic (exact) mass is 346 g/mol. The van der Waals surface area contributed by atoms with Gasteiger partial charge in [0.25, 0.3) is 0 Å². The molecule has 1 saturated heterocycles. The van der Waals surface area contributed by atoms with E-state index in [1.54, 1.807) is 0 Å². The fourth-order valence-corrected chi connectivity index (χ4v) is 3.03. The van der Waals surface area contributed by atoms with Gasteiger partial charge in [-0.05, 0) is 23.0 Å². The Morgan fingerprint density at radius 1 is 1.05 bits per heavy atom. The van der Waals surface area contributed by atoms with Crippen molar-refractivity contribution in [1.82, 2.24) is 10.2 Å². The summed E-state index contributed by atoms with van der Waals surface area (Å²) in [6, 6.07) is 9.93. The Kier molecular flexibility index (Phi) is 9.64. The van der Waals surface area contributed by atoms with Gasteiger partial charge in [-0.1, -0.05) is 58.4 Å². The summed E-state index contributed by atoms with van der Waals surface area (Å²) in [6.07, 6.45) is 2.50. The van der Waals surface area contributed by atoms with Crippen molar-refractivity contribution in [2.75, 3.05) is 26.2 Å². The second-order valence-electron chi connectivity index (χ2n) is 6.96. The first-order valence-corrected chi connectivity index (χ1v) is 8.07. The van der Waals surface area contributed by atoms with Crippen LogP contribution in [-0.4, -0.2) is 31.1 Å². The van der Waals surface area contributed by atoms with Crippen LogP contribution in [0, 0.1) is 0 Å². The quantitative estimate of drug-likeness (QED) is 0.858. The lowest BCUT2D eigenvalue weighted by Crippen LogP contribution is -2.45. The Morgan fingerprint density at radius 3 is 2.05 bits per heavy atom. The van der Waals surface area contributed by atoms with Gasteiger partial charge in [0, 0.05) is 32.2 Å². The number of benzene rings is 1. The second-order valence-corrected chi connectivity index (χ2v) is 6.96. The summed E-state index contributed by atoms with van der Waals surface area (Å²) in [6.45, 7) is 13.7. The average molecular weight is 347 g/mol. The minimum Gasteiger partial charge on any atom is -0.314 e. The Hall–Kier alpha value is -0.280. The van der Waals surface area contributed by atoms with Crippen LogP contribution in [0.3, 0.4) is 0 Å². The van der Waals surface area contributed by atoms with E-state index in [1.807, 2.05) is 0 Å². The molecular weight excluding hydrogens is 315 g/mol. The molecule has 0 spiro atoms. The largest absolute Gasteiger partial charge is 0.314 e. The third-order valence-electron chi connectivity index (χ3n) is 4.32. The molecule has 1 aromatic carbocycles. The summed E-state index contributed by atoms with van der Waals surface area (Å²) in [7, 11) is 0. The number of rotatable bonds is 4. The normalized spacial score (nSPS) is 17.3. The Balaban J connectivity index is 0.00000220. The molecule has 1 fully saturated rings. The maximum absolute atomic E-state index is 3.45. The number of nitrogens with zero attached hydrogens (tertiary/aromatic N) is 1. The van der Waals surface area contributed by atoms with Gasteiger partial charge in [-0.25, -0.2) is 0 Å². The lowest BCUT2D eigenvalue weighted by molar-refractivity contribution is 0.164. The third-order valence-corrected chi connectivity index (χ3v) is 4.32. The van der Waals surface area contributed by atoms with Crippen LogP contribution in [0.4, 0.5) is 0 Å². The zero-order chi connectivity index (χ0) is 14.6. The van der Waals surface area contributed by atoms with Gasteiger partial charge in [0.05, 0.1) is 0 Å². The highest BCUT2D eigenvalue weighted by molar-refractivity contribution is 5.85. The van der Waals surface area contributed by atoms with Gasteiger partial charge in [-0.15, -0.1) is 24.8 Å². The second kappa shape index (κ2) is 9.77. The first-order valence-electron chi connectivity index (χ1n) is 8.07. The number of nitrogens with one attached hydrogen (secondary N) is 1. The topological polar surface area (TPSA) is 15.3 Å². The van der Waals surface area contributed by atoms with Crippen LogP contribution in [0.1, 0.15) is 57.7 Å². The highest BCUT2D eigenvalue weighted by atomic mass is 35.5. The molecule has 1 heterocycles. The summed E-state index contributed by atoms with van der Waals surface area (Å²) < 4.78 is 0. The van der Waals surface area contributed by atoms with Gasteiger partial charge in [-0.2, -0.15) is 0 Å². The molecule has 4 heteroatoms. The summed E-state index contributed by atoms with van der Waals surface area (Å²) in [4.78, 5) is 2.64. The van der Waals surface area contributed by atoms with Gasteiger partial charge in [-0.3, -0.25) is 4.90 Å². The van der Waals surface area contributed by atoms with E-state index >= 15 is 0 Å². The van der Waals surface area contributed by atoms with E-state index in [-0.39, 0.29) is 30.2 Å². The van der Waals surface area contributed by atoms with Crippen molar-refractivity contribution in [2.24, 2.45) is 0 Å². The van der Waals surface area contributed by atoms with Crippen LogP contribution < -0.4 is 5.32 Å². The molecule has 2 rings (SSSR count). The maximum atomic E-state index is 3.45. The van der Waals surface area contributed by atoms with Crippen LogP contribution in [0.5, 0.6) is 0 Å². The van der Waals surface area contributed by atoms with Gasteiger partial charge >= 0.3 is 0 Å². The van der Waals surface area contributed by atoms with Crippen molar-refractivity contribution in [1.29, 1.82) is 0 Å². The molecule has 0 unspecified atom stereocenters. The summed E-state index contributed by atoms with van der Waals surface area (Å²) >= 11 is 0. The zero-order valence-electron chi connectivity index (χ0n) is 14.4. The zero-order valence-corrected chi connectivity index (χ0v) is 16.0. The number of halogens is 2. The van der Waals surface area contributed by atoms with Crippen molar-refractivity contribution in [2.45, 2.75) is 52.0 Å². The highest BCUT2D eigenvalue weighted by Crippen LogP contribution is 2.29. The Labute approximate surface area is 148 Å². The molecule has 128 valence electrons. The SMILES string of the molecule is CCC[C@H](c1ccc(C(C)(C)C)cc1)N1CCNCC1.Cl.Cl. The van der Waals surface area contributed by atoms with E-state index in [0.29, 0.717) is 6.04 Å². The predicted molar refractivity (Wildman–Crippen MR) is 102 cm³/mol. The molecule has 0 bridgehead atoms. The maximum Gasteiger partial charge on any atom is 0.0349 e. The average Bonchev–Trinajstić information content (AvgIpc) is 2.45. The molecule has 1 N–H and O–H groups in total. The molecule has 22 heavy (non-hydrogen) atoms. The lowest BCUT2D eigenvalue weighted by atomic mass is 9.86. The Bertz CT molecular complexity index is 406. The van der Waals surface area contributed by atoms with Crippen LogP contribution in [-0.2, 0) is 5.41 Å². The third kappa shape index (κ3) is 5.73. The molecule has 1 aliphatic rings. The van der Waals surface area contributed by atoms with Crippen molar-refractivity contribution in [3.05, 3.63) is 35.4 Å². The fourth-order valence-electron chi connectivity index (χ4n) is 3.03. The predicted octanol–water partition coefficient (Wildman–Crippen LogP) is 4.57. The van der Waals surface area contributed by atoms with E-state index in [0.717, 1.165) is 13.1 Å².